The van der Waals surface area contributed by atoms with Gasteiger partial charge in [0.15, 0.2) is 0 Å². The average Bonchev–Trinajstić information content (AvgIpc) is 3.02. The van der Waals surface area contributed by atoms with Crippen molar-refractivity contribution in [3.63, 3.8) is 0 Å². The van der Waals surface area contributed by atoms with Crippen molar-refractivity contribution in [1.29, 1.82) is 0 Å². The zero-order chi connectivity index (χ0) is 15.5. The molecule has 0 radical (unpaired) electrons. The smallest absolute Gasteiger partial charge is 0.377 e. The van der Waals surface area contributed by atoms with Crippen LogP contribution in [0, 0.1) is 0 Å². The maximum atomic E-state index is 10.8. The fourth-order valence-electron chi connectivity index (χ4n) is 2.38. The van der Waals surface area contributed by atoms with Crippen molar-refractivity contribution in [3.8, 4) is 0 Å². The fourth-order valence-corrected chi connectivity index (χ4v) is 2.38. The van der Waals surface area contributed by atoms with Gasteiger partial charge in [0, 0.05) is 0 Å². The van der Waals surface area contributed by atoms with Gasteiger partial charge in [0.2, 0.25) is 5.89 Å². The van der Waals surface area contributed by atoms with Crippen LogP contribution < -0.4 is 5.32 Å². The van der Waals surface area contributed by atoms with Crippen molar-refractivity contribution in [2.24, 2.45) is 0 Å². The number of hydrogen-bond acceptors (Lipinski definition) is 5. The van der Waals surface area contributed by atoms with Crippen LogP contribution in [0.25, 0.3) is 10.8 Å². The standard InChI is InChI=1S/C16H15N3O3/c1-17-13(15-18-14(16(20)21)19-22-15)9-10-6-7-11-4-2-3-5-12(11)8-10/h2-8,13,17H,9H2,1H3,(H,20,21)/t13-/m1/s1. The lowest BCUT2D eigenvalue weighted by molar-refractivity contribution is 0.0680. The van der Waals surface area contributed by atoms with Gasteiger partial charge in [-0.1, -0.05) is 42.5 Å². The Kier molecular flexibility index (Phi) is 3.84. The van der Waals surface area contributed by atoms with E-state index in [0.29, 0.717) is 6.42 Å². The molecular formula is C16H15N3O3. The summed E-state index contributed by atoms with van der Waals surface area (Å²) < 4.78 is 5.03. The van der Waals surface area contributed by atoms with Crippen molar-refractivity contribution in [2.45, 2.75) is 12.5 Å². The second-order valence-electron chi connectivity index (χ2n) is 4.99. The first-order chi connectivity index (χ1) is 10.7. The first-order valence-electron chi connectivity index (χ1n) is 6.89. The Balaban J connectivity index is 1.85. The summed E-state index contributed by atoms with van der Waals surface area (Å²) in [5.74, 6) is -1.25. The molecule has 6 heteroatoms. The predicted octanol–water partition coefficient (Wildman–Crippen LogP) is 2.42. The van der Waals surface area contributed by atoms with Gasteiger partial charge in [-0.15, -0.1) is 0 Å². The molecule has 0 amide bonds. The van der Waals surface area contributed by atoms with E-state index in [2.05, 4.69) is 39.7 Å². The molecule has 1 aromatic heterocycles. The van der Waals surface area contributed by atoms with Crippen LogP contribution in [0.4, 0.5) is 0 Å². The monoisotopic (exact) mass is 297 g/mol. The molecule has 22 heavy (non-hydrogen) atoms. The fraction of sp³-hybridized carbons (Fsp3) is 0.188. The highest BCUT2D eigenvalue weighted by molar-refractivity contribution is 5.83. The molecule has 2 N–H and O–H groups in total. The van der Waals surface area contributed by atoms with Gasteiger partial charge in [0.1, 0.15) is 0 Å². The highest BCUT2D eigenvalue weighted by atomic mass is 16.5. The second kappa shape index (κ2) is 5.95. The number of hydrogen-bond donors (Lipinski definition) is 2. The number of rotatable bonds is 5. The molecule has 0 bridgehead atoms. The molecule has 6 nitrogen and oxygen atoms in total. The molecule has 112 valence electrons. The number of nitrogens with one attached hydrogen (secondary N) is 1. The molecular weight excluding hydrogens is 282 g/mol. The minimum absolute atomic E-state index is 0.234. The summed E-state index contributed by atoms with van der Waals surface area (Å²) in [5, 5.41) is 17.7. The van der Waals surface area contributed by atoms with E-state index in [-0.39, 0.29) is 17.8 Å². The van der Waals surface area contributed by atoms with Crippen LogP contribution in [0.3, 0.4) is 0 Å². The van der Waals surface area contributed by atoms with E-state index in [1.165, 1.54) is 5.39 Å². The van der Waals surface area contributed by atoms with Crippen molar-refractivity contribution in [3.05, 3.63) is 59.7 Å². The maximum Gasteiger partial charge on any atom is 0.377 e. The normalized spacial score (nSPS) is 12.4. The van der Waals surface area contributed by atoms with Gasteiger partial charge >= 0.3 is 5.97 Å². The van der Waals surface area contributed by atoms with E-state index >= 15 is 0 Å². The summed E-state index contributed by atoms with van der Waals surface area (Å²) in [6, 6.07) is 14.1. The Bertz CT molecular complexity index is 813. The molecule has 1 heterocycles. The molecule has 0 fully saturated rings. The molecule has 0 spiro atoms. The lowest BCUT2D eigenvalue weighted by Crippen LogP contribution is -2.19. The highest BCUT2D eigenvalue weighted by Crippen LogP contribution is 2.21. The van der Waals surface area contributed by atoms with Crippen LogP contribution in [0.1, 0.15) is 28.1 Å². The summed E-state index contributed by atoms with van der Waals surface area (Å²) >= 11 is 0. The summed E-state index contributed by atoms with van der Waals surface area (Å²) in [7, 11) is 1.77. The molecule has 2 aromatic carbocycles. The Labute approximate surface area is 126 Å². The van der Waals surface area contributed by atoms with Gasteiger partial charge in [-0.2, -0.15) is 4.98 Å². The van der Waals surface area contributed by atoms with Crippen molar-refractivity contribution in [1.82, 2.24) is 15.5 Å². The molecule has 0 aliphatic heterocycles. The molecule has 0 aliphatic carbocycles. The summed E-state index contributed by atoms with van der Waals surface area (Å²) in [6.07, 6.45) is 0.628. The molecule has 0 aliphatic rings. The lowest BCUT2D eigenvalue weighted by Gasteiger charge is -2.12. The van der Waals surface area contributed by atoms with Crippen LogP contribution in [0.5, 0.6) is 0 Å². The maximum absolute atomic E-state index is 10.8. The van der Waals surface area contributed by atoms with Gasteiger partial charge < -0.3 is 14.9 Å². The van der Waals surface area contributed by atoms with Crippen LogP contribution in [-0.2, 0) is 6.42 Å². The van der Waals surface area contributed by atoms with Crippen molar-refractivity contribution < 1.29 is 14.4 Å². The van der Waals surface area contributed by atoms with Crippen molar-refractivity contribution >= 4 is 16.7 Å². The predicted molar refractivity (Wildman–Crippen MR) is 80.7 cm³/mol. The highest BCUT2D eigenvalue weighted by Gasteiger charge is 2.20. The third kappa shape index (κ3) is 2.82. The Hall–Kier alpha value is -2.73. The zero-order valence-electron chi connectivity index (χ0n) is 12.0. The SMILES string of the molecule is CN[C@H](Cc1ccc2ccccc2c1)c1nc(C(=O)O)no1. The number of nitrogens with zero attached hydrogens (tertiary/aromatic N) is 2. The number of fused-ring (bicyclic) bond motifs is 1. The van der Waals surface area contributed by atoms with Gasteiger partial charge in [-0.05, 0) is 35.0 Å². The van der Waals surface area contributed by atoms with E-state index in [1.807, 2.05) is 18.2 Å². The topological polar surface area (TPSA) is 88.2 Å². The van der Waals surface area contributed by atoms with E-state index in [1.54, 1.807) is 7.05 Å². The van der Waals surface area contributed by atoms with Gasteiger partial charge in [-0.3, -0.25) is 0 Å². The van der Waals surface area contributed by atoms with E-state index in [4.69, 9.17) is 9.63 Å². The largest absolute Gasteiger partial charge is 0.475 e. The molecule has 0 unspecified atom stereocenters. The molecule has 3 rings (SSSR count). The van der Waals surface area contributed by atoms with Crippen molar-refractivity contribution in [2.75, 3.05) is 7.05 Å². The van der Waals surface area contributed by atoms with Gasteiger partial charge in [0.25, 0.3) is 5.82 Å². The Morgan fingerprint density at radius 3 is 2.73 bits per heavy atom. The molecule has 0 saturated carbocycles. The van der Waals surface area contributed by atoms with E-state index < -0.39 is 5.97 Å². The first kappa shape index (κ1) is 14.2. The summed E-state index contributed by atoms with van der Waals surface area (Å²) in [5.41, 5.74) is 1.10. The van der Waals surface area contributed by atoms with Crippen LogP contribution in [0.2, 0.25) is 0 Å². The van der Waals surface area contributed by atoms with Gasteiger partial charge in [-0.25, -0.2) is 4.79 Å². The Morgan fingerprint density at radius 2 is 2.05 bits per heavy atom. The number of aromatic carboxylic acids is 1. The van der Waals surface area contributed by atoms with Crippen LogP contribution in [-0.4, -0.2) is 28.3 Å². The minimum Gasteiger partial charge on any atom is -0.475 e. The minimum atomic E-state index is -1.20. The number of likely N-dealkylation sites (N-methyl/N-ethyl adjacent to an activating group) is 1. The first-order valence-corrected chi connectivity index (χ1v) is 6.89. The summed E-state index contributed by atoms with van der Waals surface area (Å²) in [6.45, 7) is 0. The molecule has 0 saturated heterocycles. The second-order valence-corrected chi connectivity index (χ2v) is 4.99. The number of carbonyl (C=O) groups is 1. The lowest BCUT2D eigenvalue weighted by atomic mass is 10.0. The third-order valence-corrected chi connectivity index (χ3v) is 3.53. The van der Waals surface area contributed by atoms with Crippen LogP contribution >= 0.6 is 0 Å². The quantitative estimate of drug-likeness (QED) is 0.752. The number of carboxylic acid groups (broad SMARTS) is 1. The van der Waals surface area contributed by atoms with Crippen LogP contribution in [0.15, 0.2) is 47.0 Å². The Morgan fingerprint density at radius 1 is 1.27 bits per heavy atom. The van der Waals surface area contributed by atoms with E-state index in [0.717, 1.165) is 10.9 Å². The average molecular weight is 297 g/mol. The molecule has 3 aromatic rings. The zero-order valence-corrected chi connectivity index (χ0v) is 12.0. The number of benzene rings is 2. The van der Waals surface area contributed by atoms with E-state index in [9.17, 15) is 4.79 Å². The number of carboxylic acids is 1. The van der Waals surface area contributed by atoms with Gasteiger partial charge in [0.05, 0.1) is 6.04 Å². The molecule has 1 atom stereocenters. The summed E-state index contributed by atoms with van der Waals surface area (Å²) in [4.78, 5) is 14.7. The number of aromatic nitrogens is 2. The third-order valence-electron chi connectivity index (χ3n) is 3.53.